The Balaban J connectivity index is 2.29. The maximum Gasteiger partial charge on any atom is 0.274 e. The standard InChI is InChI=1S/C10H17N3O2S/c1-13(10-6-3-2-4-7-10)9-5-8-12-16(11,14)15/h2-4,6-7,12H,5,8-9H2,1H3,(H2,11,14,15). The Morgan fingerprint density at radius 1 is 1.31 bits per heavy atom. The summed E-state index contributed by atoms with van der Waals surface area (Å²) in [6.07, 6.45) is 0.710. The molecule has 3 N–H and O–H groups in total. The molecule has 0 saturated carbocycles. The van der Waals surface area contributed by atoms with Crippen LogP contribution in [0.15, 0.2) is 30.3 Å². The normalized spacial score (nSPS) is 11.4. The molecule has 0 aliphatic carbocycles. The van der Waals surface area contributed by atoms with E-state index in [0.717, 1.165) is 12.2 Å². The Hall–Kier alpha value is -1.11. The quantitative estimate of drug-likeness (QED) is 0.706. The zero-order valence-electron chi connectivity index (χ0n) is 9.26. The van der Waals surface area contributed by atoms with Crippen molar-refractivity contribution in [3.63, 3.8) is 0 Å². The van der Waals surface area contributed by atoms with E-state index < -0.39 is 10.2 Å². The summed E-state index contributed by atoms with van der Waals surface area (Å²) in [7, 11) is -1.59. The minimum Gasteiger partial charge on any atom is -0.375 e. The molecule has 1 rings (SSSR count). The second-order valence-electron chi connectivity index (χ2n) is 3.55. The number of hydrogen-bond donors (Lipinski definition) is 2. The van der Waals surface area contributed by atoms with E-state index in [4.69, 9.17) is 5.14 Å². The van der Waals surface area contributed by atoms with Gasteiger partial charge in [-0.3, -0.25) is 0 Å². The molecule has 0 unspecified atom stereocenters. The summed E-state index contributed by atoms with van der Waals surface area (Å²) in [5, 5.41) is 4.81. The molecule has 0 fully saturated rings. The van der Waals surface area contributed by atoms with Gasteiger partial charge in [-0.05, 0) is 18.6 Å². The average Bonchev–Trinajstić information content (AvgIpc) is 2.24. The van der Waals surface area contributed by atoms with Crippen LogP contribution in [-0.4, -0.2) is 28.6 Å². The van der Waals surface area contributed by atoms with Crippen molar-refractivity contribution >= 4 is 15.9 Å². The molecule has 0 radical (unpaired) electrons. The van der Waals surface area contributed by atoms with Gasteiger partial charge in [0.15, 0.2) is 0 Å². The van der Waals surface area contributed by atoms with Gasteiger partial charge < -0.3 is 4.90 Å². The third-order valence-corrected chi connectivity index (χ3v) is 2.78. The summed E-state index contributed by atoms with van der Waals surface area (Å²) in [5.41, 5.74) is 1.11. The maximum atomic E-state index is 10.6. The summed E-state index contributed by atoms with van der Waals surface area (Å²) in [6.45, 7) is 1.13. The largest absolute Gasteiger partial charge is 0.375 e. The predicted octanol–water partition coefficient (Wildman–Crippen LogP) is 0.306. The van der Waals surface area contributed by atoms with E-state index in [0.29, 0.717) is 13.0 Å². The van der Waals surface area contributed by atoms with E-state index in [1.807, 2.05) is 37.4 Å². The molecule has 6 heteroatoms. The molecule has 1 aromatic carbocycles. The smallest absolute Gasteiger partial charge is 0.274 e. The fraction of sp³-hybridized carbons (Fsp3) is 0.400. The Kier molecular flexibility index (Phi) is 4.72. The van der Waals surface area contributed by atoms with Gasteiger partial charge in [0.1, 0.15) is 0 Å². The first kappa shape index (κ1) is 13.0. The monoisotopic (exact) mass is 243 g/mol. The highest BCUT2D eigenvalue weighted by Gasteiger charge is 2.02. The average molecular weight is 243 g/mol. The van der Waals surface area contributed by atoms with Gasteiger partial charge in [-0.15, -0.1) is 0 Å². The number of nitrogens with one attached hydrogen (secondary N) is 1. The first-order valence-electron chi connectivity index (χ1n) is 5.02. The van der Waals surface area contributed by atoms with Crippen LogP contribution in [0.4, 0.5) is 5.69 Å². The molecule has 0 aliphatic rings. The van der Waals surface area contributed by atoms with Gasteiger partial charge >= 0.3 is 0 Å². The lowest BCUT2D eigenvalue weighted by Gasteiger charge is -2.18. The number of para-hydroxylation sites is 1. The molecule has 1 aromatic rings. The molecule has 0 bridgehead atoms. The second-order valence-corrected chi connectivity index (χ2v) is 4.93. The third-order valence-electron chi connectivity index (χ3n) is 2.17. The predicted molar refractivity (Wildman–Crippen MR) is 65.4 cm³/mol. The van der Waals surface area contributed by atoms with Gasteiger partial charge in [-0.25, -0.2) is 9.86 Å². The van der Waals surface area contributed by atoms with Crippen molar-refractivity contribution in [3.8, 4) is 0 Å². The summed E-state index contributed by atoms with van der Waals surface area (Å²) in [4.78, 5) is 2.06. The van der Waals surface area contributed by atoms with Crippen molar-refractivity contribution in [1.29, 1.82) is 0 Å². The van der Waals surface area contributed by atoms with Crippen LogP contribution in [0.5, 0.6) is 0 Å². The number of nitrogens with two attached hydrogens (primary N) is 1. The van der Waals surface area contributed by atoms with Crippen LogP contribution in [0.3, 0.4) is 0 Å². The second kappa shape index (κ2) is 5.83. The minimum atomic E-state index is -3.56. The Bertz CT molecular complexity index is 405. The zero-order chi connectivity index (χ0) is 12.0. The van der Waals surface area contributed by atoms with Crippen molar-refractivity contribution < 1.29 is 8.42 Å². The molecule has 0 spiro atoms. The van der Waals surface area contributed by atoms with E-state index >= 15 is 0 Å². The SMILES string of the molecule is CN(CCCNS(N)(=O)=O)c1ccccc1. The van der Waals surface area contributed by atoms with Crippen LogP contribution < -0.4 is 14.8 Å². The van der Waals surface area contributed by atoms with Crippen LogP contribution >= 0.6 is 0 Å². The summed E-state index contributed by atoms with van der Waals surface area (Å²) in [6, 6.07) is 9.91. The minimum absolute atomic E-state index is 0.357. The van der Waals surface area contributed by atoms with E-state index in [1.165, 1.54) is 0 Å². The number of hydrogen-bond acceptors (Lipinski definition) is 3. The number of rotatable bonds is 6. The van der Waals surface area contributed by atoms with Crippen LogP contribution in [0, 0.1) is 0 Å². The van der Waals surface area contributed by atoms with Gasteiger partial charge in [0, 0.05) is 25.8 Å². The summed E-state index contributed by atoms with van der Waals surface area (Å²) >= 11 is 0. The first-order chi connectivity index (χ1) is 7.49. The Labute approximate surface area is 96.4 Å². The van der Waals surface area contributed by atoms with E-state index in [2.05, 4.69) is 9.62 Å². The molecule has 5 nitrogen and oxygen atoms in total. The highest BCUT2D eigenvalue weighted by Crippen LogP contribution is 2.10. The van der Waals surface area contributed by atoms with Crippen molar-refractivity contribution in [3.05, 3.63) is 30.3 Å². The molecule has 90 valence electrons. The fourth-order valence-electron chi connectivity index (χ4n) is 1.34. The van der Waals surface area contributed by atoms with Crippen LogP contribution in [0.25, 0.3) is 0 Å². The van der Waals surface area contributed by atoms with Crippen LogP contribution in [0.2, 0.25) is 0 Å². The molecule has 0 atom stereocenters. The molecular weight excluding hydrogens is 226 g/mol. The molecular formula is C10H17N3O2S. The summed E-state index contributed by atoms with van der Waals surface area (Å²) < 4.78 is 23.4. The maximum absolute atomic E-state index is 10.6. The topological polar surface area (TPSA) is 75.4 Å². The third kappa shape index (κ3) is 5.11. The molecule has 16 heavy (non-hydrogen) atoms. The van der Waals surface area contributed by atoms with E-state index in [9.17, 15) is 8.42 Å². The molecule has 0 saturated heterocycles. The lowest BCUT2D eigenvalue weighted by atomic mass is 10.3. The van der Waals surface area contributed by atoms with Gasteiger partial charge in [-0.2, -0.15) is 8.42 Å². The number of anilines is 1. The number of benzene rings is 1. The van der Waals surface area contributed by atoms with E-state index in [-0.39, 0.29) is 0 Å². The van der Waals surface area contributed by atoms with Gasteiger partial charge in [0.2, 0.25) is 0 Å². The lowest BCUT2D eigenvalue weighted by Crippen LogP contribution is -2.33. The van der Waals surface area contributed by atoms with Crippen molar-refractivity contribution in [2.24, 2.45) is 5.14 Å². The Morgan fingerprint density at radius 2 is 1.94 bits per heavy atom. The zero-order valence-corrected chi connectivity index (χ0v) is 10.1. The van der Waals surface area contributed by atoms with Crippen LogP contribution in [-0.2, 0) is 10.2 Å². The Morgan fingerprint density at radius 3 is 2.50 bits per heavy atom. The van der Waals surface area contributed by atoms with Crippen molar-refractivity contribution in [2.75, 3.05) is 25.0 Å². The van der Waals surface area contributed by atoms with Gasteiger partial charge in [-0.1, -0.05) is 18.2 Å². The van der Waals surface area contributed by atoms with E-state index in [1.54, 1.807) is 0 Å². The highest BCUT2D eigenvalue weighted by atomic mass is 32.2. The van der Waals surface area contributed by atoms with Crippen molar-refractivity contribution in [2.45, 2.75) is 6.42 Å². The first-order valence-corrected chi connectivity index (χ1v) is 6.57. The summed E-state index contributed by atoms with van der Waals surface area (Å²) in [5.74, 6) is 0. The molecule has 0 aliphatic heterocycles. The lowest BCUT2D eigenvalue weighted by molar-refractivity contribution is 0.580. The van der Waals surface area contributed by atoms with Crippen LogP contribution in [0.1, 0.15) is 6.42 Å². The molecule has 0 aromatic heterocycles. The van der Waals surface area contributed by atoms with Gasteiger partial charge in [0.25, 0.3) is 10.2 Å². The highest BCUT2D eigenvalue weighted by molar-refractivity contribution is 7.87. The van der Waals surface area contributed by atoms with Gasteiger partial charge in [0.05, 0.1) is 0 Å². The number of nitrogens with zero attached hydrogens (tertiary/aromatic N) is 1. The van der Waals surface area contributed by atoms with Crippen molar-refractivity contribution in [1.82, 2.24) is 4.72 Å². The fourth-order valence-corrected chi connectivity index (χ4v) is 1.77. The molecule has 0 amide bonds. The molecule has 0 heterocycles.